The number of rotatable bonds is 10. The van der Waals surface area contributed by atoms with Gasteiger partial charge in [-0.15, -0.1) is 0 Å². The molecule has 2 atom stereocenters. The van der Waals surface area contributed by atoms with Crippen LogP contribution >= 0.6 is 0 Å². The van der Waals surface area contributed by atoms with Gasteiger partial charge < -0.3 is 9.80 Å². The molecule has 5 aromatic carbocycles. The molecule has 0 amide bonds. The van der Waals surface area contributed by atoms with Crippen LogP contribution in [-0.4, -0.2) is 0 Å². The Morgan fingerprint density at radius 1 is 0.804 bits per heavy atom. The summed E-state index contributed by atoms with van der Waals surface area (Å²) in [6.45, 7) is 13.0. The average Bonchev–Trinajstić information content (AvgIpc) is 3.19. The van der Waals surface area contributed by atoms with Crippen molar-refractivity contribution in [1.29, 1.82) is 0 Å². The Bertz CT molecular complexity index is 2190. The van der Waals surface area contributed by atoms with Crippen LogP contribution < -0.4 is 9.80 Å². The summed E-state index contributed by atoms with van der Waals surface area (Å²) in [5.41, 5.74) is 11.7. The number of anilines is 3. The third kappa shape index (κ3) is 6.79. The Morgan fingerprint density at radius 3 is 2.16 bits per heavy atom. The number of nitrogens with zero attached hydrogens (tertiary/aromatic N) is 2. The van der Waals surface area contributed by atoms with Gasteiger partial charge in [0.05, 0.1) is 5.69 Å². The van der Waals surface area contributed by atoms with Gasteiger partial charge in [-0.05, 0) is 98.0 Å². The van der Waals surface area contributed by atoms with Crippen LogP contribution in [0.1, 0.15) is 62.3 Å². The van der Waals surface area contributed by atoms with E-state index in [0.29, 0.717) is 5.92 Å². The van der Waals surface area contributed by atoms with Crippen molar-refractivity contribution in [3.63, 3.8) is 0 Å². The Hall–Kier alpha value is -5.60. The number of aryl methyl sites for hydroxylation is 1. The summed E-state index contributed by atoms with van der Waals surface area (Å²) in [5.74, 6) is 0.604. The van der Waals surface area contributed by atoms with Gasteiger partial charge in [-0.2, -0.15) is 0 Å². The van der Waals surface area contributed by atoms with Crippen molar-refractivity contribution in [2.75, 3.05) is 9.80 Å². The lowest BCUT2D eigenvalue weighted by atomic mass is 9.76. The quantitative estimate of drug-likeness (QED) is 0.147. The second-order valence-corrected chi connectivity index (χ2v) is 14.0. The maximum Gasteiger partial charge on any atom is 0.0539 e. The Labute approximate surface area is 304 Å². The zero-order valence-corrected chi connectivity index (χ0v) is 30.4. The first-order valence-electron chi connectivity index (χ1n) is 18.3. The molecular weight excluding hydrogens is 617 g/mol. The van der Waals surface area contributed by atoms with Crippen molar-refractivity contribution in [3.05, 3.63) is 198 Å². The first-order chi connectivity index (χ1) is 24.9. The summed E-state index contributed by atoms with van der Waals surface area (Å²) in [6, 6.07) is 41.8. The number of allylic oxidation sites excluding steroid dienone is 7. The first kappa shape index (κ1) is 33.9. The maximum absolute atomic E-state index is 4.11. The van der Waals surface area contributed by atoms with Crippen LogP contribution in [0.4, 0.5) is 17.1 Å². The molecule has 0 radical (unpaired) electrons. The van der Waals surface area contributed by atoms with Gasteiger partial charge in [0.25, 0.3) is 0 Å². The molecule has 0 aromatic heterocycles. The van der Waals surface area contributed by atoms with E-state index in [4.69, 9.17) is 0 Å². The average molecular weight is 665 g/mol. The van der Waals surface area contributed by atoms with Crippen LogP contribution in [-0.2, 0) is 5.41 Å². The van der Waals surface area contributed by atoms with E-state index >= 15 is 0 Å². The molecule has 2 nitrogen and oxygen atoms in total. The third-order valence-electron chi connectivity index (χ3n) is 10.6. The summed E-state index contributed by atoms with van der Waals surface area (Å²) in [6.07, 6.45) is 21.6. The molecule has 0 N–H and O–H groups in total. The van der Waals surface area contributed by atoms with Gasteiger partial charge in [-0.25, -0.2) is 0 Å². The molecule has 7 rings (SSSR count). The highest BCUT2D eigenvalue weighted by Crippen LogP contribution is 2.42. The minimum Gasteiger partial charge on any atom is -0.311 e. The number of benzene rings is 5. The number of hydrogen-bond donors (Lipinski definition) is 0. The lowest BCUT2D eigenvalue weighted by Gasteiger charge is -2.35. The maximum atomic E-state index is 4.11. The van der Waals surface area contributed by atoms with E-state index in [2.05, 4.69) is 202 Å². The largest absolute Gasteiger partial charge is 0.311 e. The molecule has 0 bridgehead atoms. The highest BCUT2D eigenvalue weighted by atomic mass is 15.2. The van der Waals surface area contributed by atoms with Gasteiger partial charge in [-0.1, -0.05) is 147 Å². The molecule has 0 spiro atoms. The first-order valence-corrected chi connectivity index (χ1v) is 18.3. The molecule has 0 heterocycles. The fourth-order valence-corrected chi connectivity index (χ4v) is 7.48. The van der Waals surface area contributed by atoms with Crippen LogP contribution in [0, 0.1) is 12.8 Å². The molecule has 254 valence electrons. The predicted octanol–water partition coefficient (Wildman–Crippen LogP) is 13.5. The molecule has 0 saturated carbocycles. The molecule has 2 aliphatic rings. The number of fused-ring (bicyclic) bond motifs is 1. The standard InChI is InChI=1S/C49H48N2/c1-6-37-22-28-42(29-23-37)51(48-19-13-16-39-15-10-12-18-46(39)48)44-32-34-49(5,35-33-44)40-24-30-43(31-25-40)50(41-26-20-36(4)21-27-41)47(8-3)45-17-11-9-14-38(45)7-2/h7-22,24-34,37H,2,6,23,35H2,1,3-5H3/b47-8+. The molecule has 2 heteroatoms. The van der Waals surface area contributed by atoms with E-state index in [1.165, 1.54) is 39.0 Å². The monoisotopic (exact) mass is 664 g/mol. The van der Waals surface area contributed by atoms with Crippen molar-refractivity contribution < 1.29 is 0 Å². The fourth-order valence-electron chi connectivity index (χ4n) is 7.48. The van der Waals surface area contributed by atoms with Crippen molar-refractivity contribution in [3.8, 4) is 0 Å². The lowest BCUT2D eigenvalue weighted by molar-refractivity contribution is 0.594. The van der Waals surface area contributed by atoms with Gasteiger partial charge in [0.15, 0.2) is 0 Å². The SMILES string of the molecule is C=Cc1ccccc1/C(=C\C)N(c1ccc(C)cc1)c1ccc(C2(C)C=CC(N(C3=CCC(CC)C=C3)c3cccc4ccccc34)=CC2)cc1. The van der Waals surface area contributed by atoms with Crippen LogP contribution in [0.25, 0.3) is 22.5 Å². The van der Waals surface area contributed by atoms with Gasteiger partial charge in [0.1, 0.15) is 0 Å². The molecule has 0 saturated heterocycles. The molecule has 0 fully saturated rings. The van der Waals surface area contributed by atoms with Gasteiger partial charge in [0, 0.05) is 44.8 Å². The zero-order valence-electron chi connectivity index (χ0n) is 30.4. The summed E-state index contributed by atoms with van der Waals surface area (Å²) in [4.78, 5) is 4.82. The van der Waals surface area contributed by atoms with Crippen LogP contribution in [0.2, 0.25) is 0 Å². The normalized spacial score (nSPS) is 18.7. The van der Waals surface area contributed by atoms with Gasteiger partial charge in [-0.3, -0.25) is 0 Å². The highest BCUT2D eigenvalue weighted by molar-refractivity contribution is 5.96. The number of hydrogen-bond acceptors (Lipinski definition) is 2. The fraction of sp³-hybridized carbons (Fsp3) is 0.184. The Balaban J connectivity index is 1.22. The smallest absolute Gasteiger partial charge is 0.0539 e. The van der Waals surface area contributed by atoms with E-state index in [-0.39, 0.29) is 5.41 Å². The van der Waals surface area contributed by atoms with Crippen LogP contribution in [0.15, 0.2) is 176 Å². The summed E-state index contributed by atoms with van der Waals surface area (Å²) >= 11 is 0. The molecule has 2 unspecified atom stereocenters. The molecule has 0 aliphatic heterocycles. The van der Waals surface area contributed by atoms with E-state index in [0.717, 1.165) is 47.5 Å². The topological polar surface area (TPSA) is 6.48 Å². The summed E-state index contributed by atoms with van der Waals surface area (Å²) < 4.78 is 0. The molecule has 2 aliphatic carbocycles. The Morgan fingerprint density at radius 2 is 1.49 bits per heavy atom. The minimum atomic E-state index is -0.135. The second kappa shape index (κ2) is 14.7. The molecule has 51 heavy (non-hydrogen) atoms. The van der Waals surface area contributed by atoms with Crippen LogP contribution in [0.3, 0.4) is 0 Å². The van der Waals surface area contributed by atoms with Crippen molar-refractivity contribution in [2.45, 2.75) is 52.4 Å². The summed E-state index contributed by atoms with van der Waals surface area (Å²) in [5, 5.41) is 2.52. The van der Waals surface area contributed by atoms with E-state index in [1.807, 2.05) is 6.08 Å². The lowest BCUT2D eigenvalue weighted by Crippen LogP contribution is -2.27. The van der Waals surface area contributed by atoms with Gasteiger partial charge in [0.2, 0.25) is 0 Å². The van der Waals surface area contributed by atoms with E-state index in [1.54, 1.807) is 0 Å². The second-order valence-electron chi connectivity index (χ2n) is 14.0. The summed E-state index contributed by atoms with van der Waals surface area (Å²) in [7, 11) is 0. The minimum absolute atomic E-state index is 0.135. The van der Waals surface area contributed by atoms with Gasteiger partial charge >= 0.3 is 0 Å². The van der Waals surface area contributed by atoms with Crippen molar-refractivity contribution in [2.24, 2.45) is 5.92 Å². The van der Waals surface area contributed by atoms with Crippen molar-refractivity contribution in [1.82, 2.24) is 0 Å². The zero-order chi connectivity index (χ0) is 35.4. The molecular formula is C49H48N2. The molecule has 5 aromatic rings. The third-order valence-corrected chi connectivity index (χ3v) is 10.6. The van der Waals surface area contributed by atoms with Crippen LogP contribution in [0.5, 0.6) is 0 Å². The van der Waals surface area contributed by atoms with Crippen molar-refractivity contribution >= 4 is 39.6 Å². The highest BCUT2D eigenvalue weighted by Gasteiger charge is 2.29. The van der Waals surface area contributed by atoms with E-state index in [9.17, 15) is 0 Å². The predicted molar refractivity (Wildman–Crippen MR) is 221 cm³/mol. The van der Waals surface area contributed by atoms with E-state index < -0.39 is 0 Å². The Kier molecular flexibility index (Phi) is 9.77.